The monoisotopic (exact) mass is 362 g/mol. The number of piperazine rings is 1. The Bertz CT molecular complexity index is 640. The average Bonchev–Trinajstić information content (AvgIpc) is 2.66. The molecular formula is C18H26N4O4. The van der Waals surface area contributed by atoms with Gasteiger partial charge in [0.2, 0.25) is 11.8 Å². The Hall–Kier alpha value is -2.64. The molecule has 0 radical (unpaired) electrons. The first-order valence-corrected chi connectivity index (χ1v) is 8.74. The molecule has 0 unspecified atom stereocenters. The summed E-state index contributed by atoms with van der Waals surface area (Å²) >= 11 is 0. The van der Waals surface area contributed by atoms with Crippen molar-refractivity contribution >= 4 is 17.9 Å². The van der Waals surface area contributed by atoms with E-state index < -0.39 is 5.41 Å². The average molecular weight is 362 g/mol. The number of nitrogens with one attached hydrogen (secondary N) is 1. The van der Waals surface area contributed by atoms with Crippen LogP contribution in [0.25, 0.3) is 0 Å². The molecule has 2 heterocycles. The van der Waals surface area contributed by atoms with Gasteiger partial charge in [-0.15, -0.1) is 0 Å². The quantitative estimate of drug-likeness (QED) is 0.790. The molecule has 1 saturated heterocycles. The molecule has 142 valence electrons. The molecular weight excluding hydrogens is 336 g/mol. The third-order valence-corrected chi connectivity index (χ3v) is 4.40. The predicted molar refractivity (Wildman–Crippen MR) is 95.0 cm³/mol. The number of rotatable bonds is 5. The smallest absolute Gasteiger partial charge is 0.409 e. The zero-order valence-electron chi connectivity index (χ0n) is 15.5. The highest BCUT2D eigenvalue weighted by atomic mass is 16.6. The van der Waals surface area contributed by atoms with Crippen molar-refractivity contribution < 1.29 is 19.1 Å². The Labute approximate surface area is 153 Å². The summed E-state index contributed by atoms with van der Waals surface area (Å²) in [7, 11) is 0. The van der Waals surface area contributed by atoms with E-state index in [9.17, 15) is 14.4 Å². The Morgan fingerprint density at radius 3 is 2.27 bits per heavy atom. The highest BCUT2D eigenvalue weighted by Gasteiger charge is 2.40. The van der Waals surface area contributed by atoms with E-state index in [1.54, 1.807) is 43.0 Å². The number of aromatic nitrogens is 1. The number of hydrogen-bond donors (Lipinski definition) is 1. The van der Waals surface area contributed by atoms with Gasteiger partial charge >= 0.3 is 6.09 Å². The van der Waals surface area contributed by atoms with Gasteiger partial charge in [0.25, 0.3) is 0 Å². The van der Waals surface area contributed by atoms with E-state index in [0.29, 0.717) is 39.3 Å². The van der Waals surface area contributed by atoms with Crippen LogP contribution in [0, 0.1) is 5.41 Å². The lowest BCUT2D eigenvalue weighted by Crippen LogP contribution is -2.56. The lowest BCUT2D eigenvalue weighted by molar-refractivity contribution is -0.149. The van der Waals surface area contributed by atoms with Gasteiger partial charge in [-0.3, -0.25) is 14.6 Å². The first kappa shape index (κ1) is 19.7. The van der Waals surface area contributed by atoms with Crippen LogP contribution in [0.15, 0.2) is 24.5 Å². The number of hydrogen-bond acceptors (Lipinski definition) is 5. The second-order valence-corrected chi connectivity index (χ2v) is 6.64. The van der Waals surface area contributed by atoms with Crippen molar-refractivity contribution in [2.45, 2.75) is 27.3 Å². The molecule has 2 rings (SSSR count). The van der Waals surface area contributed by atoms with Gasteiger partial charge in [-0.25, -0.2) is 4.79 Å². The largest absolute Gasteiger partial charge is 0.450 e. The standard InChI is InChI=1S/C18H26N4O4/c1-4-26-17(25)22-11-9-21(10-12-22)16(24)18(2,3)15(23)20-13-14-5-7-19-8-6-14/h5-8H,4,9-13H2,1-3H3,(H,20,23). The second-order valence-electron chi connectivity index (χ2n) is 6.64. The van der Waals surface area contributed by atoms with E-state index >= 15 is 0 Å². The predicted octanol–water partition coefficient (Wildman–Crippen LogP) is 1.02. The van der Waals surface area contributed by atoms with Crippen LogP contribution >= 0.6 is 0 Å². The summed E-state index contributed by atoms with van der Waals surface area (Å²) in [6, 6.07) is 3.62. The summed E-state index contributed by atoms with van der Waals surface area (Å²) in [5.41, 5.74) is -0.265. The van der Waals surface area contributed by atoms with Crippen LogP contribution in [0.4, 0.5) is 4.79 Å². The fraction of sp³-hybridized carbons (Fsp3) is 0.556. The molecule has 0 aliphatic carbocycles. The number of carbonyl (C=O) groups is 3. The van der Waals surface area contributed by atoms with E-state index in [0.717, 1.165) is 5.56 Å². The fourth-order valence-corrected chi connectivity index (χ4v) is 2.70. The maximum Gasteiger partial charge on any atom is 0.409 e. The van der Waals surface area contributed by atoms with Gasteiger partial charge in [-0.05, 0) is 38.5 Å². The van der Waals surface area contributed by atoms with Gasteiger partial charge in [0, 0.05) is 45.1 Å². The highest BCUT2D eigenvalue weighted by molar-refractivity contribution is 6.04. The number of amides is 3. The zero-order chi connectivity index (χ0) is 19.2. The van der Waals surface area contributed by atoms with Gasteiger partial charge in [0.15, 0.2) is 0 Å². The van der Waals surface area contributed by atoms with Crippen molar-refractivity contribution in [3.63, 3.8) is 0 Å². The van der Waals surface area contributed by atoms with Gasteiger partial charge in [0.05, 0.1) is 6.61 Å². The van der Waals surface area contributed by atoms with E-state index in [1.807, 2.05) is 12.1 Å². The highest BCUT2D eigenvalue weighted by Crippen LogP contribution is 2.21. The summed E-state index contributed by atoms with van der Waals surface area (Å²) in [5.74, 6) is -0.569. The Morgan fingerprint density at radius 2 is 1.69 bits per heavy atom. The van der Waals surface area contributed by atoms with Crippen LogP contribution in [0.5, 0.6) is 0 Å². The third kappa shape index (κ3) is 4.71. The van der Waals surface area contributed by atoms with Crippen molar-refractivity contribution in [1.29, 1.82) is 0 Å². The normalized spacial score (nSPS) is 14.7. The van der Waals surface area contributed by atoms with E-state index in [1.165, 1.54) is 0 Å². The molecule has 3 amide bonds. The first-order chi connectivity index (χ1) is 12.4. The minimum atomic E-state index is -1.18. The van der Waals surface area contributed by atoms with Crippen molar-refractivity contribution in [2.24, 2.45) is 5.41 Å². The summed E-state index contributed by atoms with van der Waals surface area (Å²) in [5, 5.41) is 2.80. The van der Waals surface area contributed by atoms with E-state index in [2.05, 4.69) is 10.3 Å². The Morgan fingerprint density at radius 1 is 1.12 bits per heavy atom. The van der Waals surface area contributed by atoms with Crippen LogP contribution < -0.4 is 5.32 Å². The summed E-state index contributed by atoms with van der Waals surface area (Å²) in [4.78, 5) is 44.2. The summed E-state index contributed by atoms with van der Waals surface area (Å²) in [6.07, 6.45) is 2.94. The molecule has 1 aromatic rings. The molecule has 8 heteroatoms. The Kier molecular flexibility index (Phi) is 6.54. The van der Waals surface area contributed by atoms with Crippen LogP contribution in [-0.4, -0.2) is 65.5 Å². The van der Waals surface area contributed by atoms with Crippen LogP contribution in [0.3, 0.4) is 0 Å². The SMILES string of the molecule is CCOC(=O)N1CCN(C(=O)C(C)(C)C(=O)NCc2ccncc2)CC1. The zero-order valence-corrected chi connectivity index (χ0v) is 15.5. The number of ether oxygens (including phenoxy) is 1. The number of nitrogens with zero attached hydrogens (tertiary/aromatic N) is 3. The molecule has 1 aliphatic rings. The molecule has 0 saturated carbocycles. The Balaban J connectivity index is 1.89. The number of carbonyl (C=O) groups excluding carboxylic acids is 3. The molecule has 1 aromatic heterocycles. The van der Waals surface area contributed by atoms with E-state index in [4.69, 9.17) is 4.74 Å². The second kappa shape index (κ2) is 8.64. The molecule has 1 fully saturated rings. The van der Waals surface area contributed by atoms with Crippen molar-refractivity contribution in [1.82, 2.24) is 20.1 Å². The van der Waals surface area contributed by atoms with Crippen LogP contribution in [0.2, 0.25) is 0 Å². The number of pyridine rings is 1. The summed E-state index contributed by atoms with van der Waals surface area (Å²) in [6.45, 7) is 7.24. The maximum absolute atomic E-state index is 12.8. The maximum atomic E-state index is 12.8. The van der Waals surface area contributed by atoms with Gasteiger partial charge < -0.3 is 19.9 Å². The van der Waals surface area contributed by atoms with E-state index in [-0.39, 0.29) is 17.9 Å². The molecule has 8 nitrogen and oxygen atoms in total. The molecule has 0 atom stereocenters. The third-order valence-electron chi connectivity index (χ3n) is 4.40. The lowest BCUT2D eigenvalue weighted by atomic mass is 9.90. The summed E-state index contributed by atoms with van der Waals surface area (Å²) < 4.78 is 4.97. The minimum Gasteiger partial charge on any atom is -0.450 e. The van der Waals surface area contributed by atoms with Gasteiger partial charge in [0.1, 0.15) is 5.41 Å². The molecule has 1 N–H and O–H groups in total. The molecule has 0 aromatic carbocycles. The minimum absolute atomic E-state index is 0.242. The molecule has 1 aliphatic heterocycles. The van der Waals surface area contributed by atoms with Gasteiger partial charge in [-0.2, -0.15) is 0 Å². The van der Waals surface area contributed by atoms with Crippen LogP contribution in [-0.2, 0) is 20.9 Å². The topological polar surface area (TPSA) is 91.8 Å². The van der Waals surface area contributed by atoms with Crippen LogP contribution in [0.1, 0.15) is 26.3 Å². The van der Waals surface area contributed by atoms with Crippen molar-refractivity contribution in [2.75, 3.05) is 32.8 Å². The van der Waals surface area contributed by atoms with Crippen molar-refractivity contribution in [3.8, 4) is 0 Å². The molecule has 26 heavy (non-hydrogen) atoms. The first-order valence-electron chi connectivity index (χ1n) is 8.74. The lowest BCUT2D eigenvalue weighted by Gasteiger charge is -2.37. The molecule has 0 spiro atoms. The van der Waals surface area contributed by atoms with Gasteiger partial charge in [-0.1, -0.05) is 0 Å². The van der Waals surface area contributed by atoms with Crippen molar-refractivity contribution in [3.05, 3.63) is 30.1 Å². The molecule has 0 bridgehead atoms. The fourth-order valence-electron chi connectivity index (χ4n) is 2.70.